The zero-order valence-electron chi connectivity index (χ0n) is 11.6. The molecule has 0 bridgehead atoms. The Kier molecular flexibility index (Phi) is 4.16. The summed E-state index contributed by atoms with van der Waals surface area (Å²) in [6.07, 6.45) is 0.415. The summed E-state index contributed by atoms with van der Waals surface area (Å²) in [6.45, 7) is 4.05. The number of nitrogens with two attached hydrogens (primary N) is 1. The van der Waals surface area contributed by atoms with Crippen LogP contribution < -0.4 is 11.1 Å². The Morgan fingerprint density at radius 2 is 1.95 bits per heavy atom. The Labute approximate surface area is 118 Å². The molecule has 0 amide bonds. The molecule has 5 nitrogen and oxygen atoms in total. The highest BCUT2D eigenvalue weighted by Gasteiger charge is 2.06. The van der Waals surface area contributed by atoms with Crippen molar-refractivity contribution in [1.82, 2.24) is 9.97 Å². The Balaban J connectivity index is 2.19. The van der Waals surface area contributed by atoms with Crippen molar-refractivity contribution in [3.05, 3.63) is 41.7 Å². The lowest BCUT2D eigenvalue weighted by molar-refractivity contribution is 0.779. The van der Waals surface area contributed by atoms with E-state index < -0.39 is 0 Å². The van der Waals surface area contributed by atoms with Crippen LogP contribution in [0.25, 0.3) is 0 Å². The van der Waals surface area contributed by atoms with E-state index in [-0.39, 0.29) is 5.92 Å². The van der Waals surface area contributed by atoms with Gasteiger partial charge in [0.15, 0.2) is 0 Å². The molecule has 0 saturated heterocycles. The summed E-state index contributed by atoms with van der Waals surface area (Å²) in [6, 6.07) is 11.5. The third-order valence-corrected chi connectivity index (χ3v) is 2.79. The number of aromatic nitrogens is 2. The van der Waals surface area contributed by atoms with Crippen LogP contribution in [0.4, 0.5) is 17.3 Å². The van der Waals surface area contributed by atoms with Gasteiger partial charge in [0, 0.05) is 17.7 Å². The number of hydrogen-bond donors (Lipinski definition) is 2. The van der Waals surface area contributed by atoms with Crippen LogP contribution in [0.1, 0.15) is 31.2 Å². The molecular weight excluding hydrogens is 250 g/mol. The smallest absolute Gasteiger partial charge is 0.136 e. The molecule has 0 aliphatic heterocycles. The van der Waals surface area contributed by atoms with Gasteiger partial charge < -0.3 is 11.1 Å². The Morgan fingerprint density at radius 1 is 1.25 bits per heavy atom. The summed E-state index contributed by atoms with van der Waals surface area (Å²) < 4.78 is 0. The van der Waals surface area contributed by atoms with Gasteiger partial charge in [-0.05, 0) is 17.7 Å². The molecule has 1 aromatic heterocycles. The molecule has 0 radical (unpaired) electrons. The van der Waals surface area contributed by atoms with E-state index in [4.69, 9.17) is 11.0 Å². The lowest BCUT2D eigenvalue weighted by Crippen LogP contribution is -2.04. The molecule has 1 aromatic carbocycles. The van der Waals surface area contributed by atoms with E-state index in [0.29, 0.717) is 23.9 Å². The Morgan fingerprint density at radius 3 is 2.55 bits per heavy atom. The summed E-state index contributed by atoms with van der Waals surface area (Å²) in [7, 11) is 0. The van der Waals surface area contributed by atoms with Crippen molar-refractivity contribution >= 4 is 17.3 Å². The van der Waals surface area contributed by atoms with Crippen molar-refractivity contribution < 1.29 is 0 Å². The lowest BCUT2D eigenvalue weighted by Gasteiger charge is -2.10. The highest BCUT2D eigenvalue weighted by atomic mass is 15.1. The van der Waals surface area contributed by atoms with Crippen LogP contribution in [0.3, 0.4) is 0 Å². The van der Waals surface area contributed by atoms with Gasteiger partial charge in [-0.2, -0.15) is 5.26 Å². The van der Waals surface area contributed by atoms with Gasteiger partial charge in [-0.25, -0.2) is 9.97 Å². The van der Waals surface area contributed by atoms with Gasteiger partial charge in [-0.1, -0.05) is 26.0 Å². The molecule has 0 aliphatic carbocycles. The maximum Gasteiger partial charge on any atom is 0.136 e. The van der Waals surface area contributed by atoms with Crippen LogP contribution in [0, 0.1) is 11.3 Å². The molecule has 2 rings (SSSR count). The predicted octanol–water partition coefficient (Wildman–Crippen LogP) is 2.99. The van der Waals surface area contributed by atoms with Gasteiger partial charge in [-0.3, -0.25) is 0 Å². The number of anilines is 3. The number of nitrogens with one attached hydrogen (secondary N) is 1. The monoisotopic (exact) mass is 267 g/mol. The molecular formula is C15H17N5. The maximum atomic E-state index is 8.64. The largest absolute Gasteiger partial charge is 0.384 e. The van der Waals surface area contributed by atoms with E-state index in [2.05, 4.69) is 21.4 Å². The minimum absolute atomic E-state index is 0.219. The second-order valence-electron chi connectivity index (χ2n) is 4.85. The molecule has 0 aliphatic rings. The fraction of sp³-hybridized carbons (Fsp3) is 0.267. The Hall–Kier alpha value is -2.61. The van der Waals surface area contributed by atoms with Gasteiger partial charge in [0.25, 0.3) is 0 Å². The molecule has 102 valence electrons. The number of nitrogen functional groups attached to an aromatic ring is 1. The molecule has 1 heterocycles. The summed E-state index contributed by atoms with van der Waals surface area (Å²) in [4.78, 5) is 8.64. The minimum Gasteiger partial charge on any atom is -0.384 e. The van der Waals surface area contributed by atoms with Gasteiger partial charge in [0.1, 0.15) is 17.5 Å². The van der Waals surface area contributed by atoms with E-state index in [1.807, 2.05) is 38.1 Å². The molecule has 0 atom stereocenters. The molecule has 20 heavy (non-hydrogen) atoms. The first-order chi connectivity index (χ1) is 9.58. The van der Waals surface area contributed by atoms with Gasteiger partial charge >= 0.3 is 0 Å². The number of nitriles is 1. The fourth-order valence-electron chi connectivity index (χ4n) is 1.75. The van der Waals surface area contributed by atoms with Crippen molar-refractivity contribution in [1.29, 1.82) is 5.26 Å². The average molecular weight is 267 g/mol. The first-order valence-electron chi connectivity index (χ1n) is 6.46. The molecule has 5 heteroatoms. The highest BCUT2D eigenvalue weighted by Crippen LogP contribution is 2.19. The molecule has 0 saturated carbocycles. The van der Waals surface area contributed by atoms with E-state index in [0.717, 1.165) is 11.3 Å². The first kappa shape index (κ1) is 13.8. The van der Waals surface area contributed by atoms with Gasteiger partial charge in [0.05, 0.1) is 12.5 Å². The van der Waals surface area contributed by atoms with E-state index >= 15 is 0 Å². The molecule has 2 aromatic rings. The topological polar surface area (TPSA) is 87.6 Å². The van der Waals surface area contributed by atoms with Crippen LogP contribution >= 0.6 is 0 Å². The van der Waals surface area contributed by atoms with Gasteiger partial charge in [-0.15, -0.1) is 0 Å². The van der Waals surface area contributed by atoms with Crippen molar-refractivity contribution in [2.75, 3.05) is 11.1 Å². The minimum atomic E-state index is 0.219. The third kappa shape index (κ3) is 3.45. The maximum absolute atomic E-state index is 8.64. The van der Waals surface area contributed by atoms with Crippen LogP contribution in [-0.2, 0) is 6.42 Å². The molecule has 3 N–H and O–H groups in total. The Bertz CT molecular complexity index is 626. The van der Waals surface area contributed by atoms with Crippen molar-refractivity contribution in [3.8, 4) is 6.07 Å². The summed E-state index contributed by atoms with van der Waals surface area (Å²) >= 11 is 0. The second-order valence-corrected chi connectivity index (χ2v) is 4.85. The average Bonchev–Trinajstić information content (AvgIpc) is 2.40. The van der Waals surface area contributed by atoms with Crippen LogP contribution in [0.15, 0.2) is 30.3 Å². The number of nitrogens with zero attached hydrogens (tertiary/aromatic N) is 3. The summed E-state index contributed by atoms with van der Waals surface area (Å²) in [5.74, 6) is 2.06. The molecule has 0 spiro atoms. The third-order valence-electron chi connectivity index (χ3n) is 2.79. The molecule has 0 unspecified atom stereocenters. The zero-order valence-corrected chi connectivity index (χ0v) is 11.6. The quantitative estimate of drug-likeness (QED) is 0.889. The lowest BCUT2D eigenvalue weighted by atomic mass is 10.1. The molecule has 0 fully saturated rings. The standard InChI is InChI=1S/C15H17N5/c1-10(2)15-19-13(17)9-14(20-15)18-12-5-3-11(4-6-12)7-8-16/h3-6,9-10H,7H2,1-2H3,(H3,17,18,19,20). The van der Waals surface area contributed by atoms with Crippen molar-refractivity contribution in [2.45, 2.75) is 26.2 Å². The summed E-state index contributed by atoms with van der Waals surface area (Å²) in [5.41, 5.74) is 7.68. The predicted molar refractivity (Wildman–Crippen MR) is 79.6 cm³/mol. The van der Waals surface area contributed by atoms with Crippen molar-refractivity contribution in [3.63, 3.8) is 0 Å². The second kappa shape index (κ2) is 6.02. The van der Waals surface area contributed by atoms with E-state index in [9.17, 15) is 0 Å². The highest BCUT2D eigenvalue weighted by molar-refractivity contribution is 5.58. The fourth-order valence-corrected chi connectivity index (χ4v) is 1.75. The number of rotatable bonds is 4. The van der Waals surface area contributed by atoms with Crippen molar-refractivity contribution in [2.24, 2.45) is 0 Å². The van der Waals surface area contributed by atoms with E-state index in [1.54, 1.807) is 6.07 Å². The van der Waals surface area contributed by atoms with Crippen LogP contribution in [0.5, 0.6) is 0 Å². The van der Waals surface area contributed by atoms with Crippen LogP contribution in [0.2, 0.25) is 0 Å². The van der Waals surface area contributed by atoms with Gasteiger partial charge in [0.2, 0.25) is 0 Å². The summed E-state index contributed by atoms with van der Waals surface area (Å²) in [5, 5.41) is 11.8. The number of benzene rings is 1. The van der Waals surface area contributed by atoms with Crippen LogP contribution in [-0.4, -0.2) is 9.97 Å². The number of hydrogen-bond acceptors (Lipinski definition) is 5. The zero-order chi connectivity index (χ0) is 14.5. The van der Waals surface area contributed by atoms with E-state index in [1.165, 1.54) is 0 Å². The normalized spacial score (nSPS) is 10.3. The first-order valence-corrected chi connectivity index (χ1v) is 6.46. The SMILES string of the molecule is CC(C)c1nc(N)cc(Nc2ccc(CC#N)cc2)n1.